The summed E-state index contributed by atoms with van der Waals surface area (Å²) >= 11 is 5.22. The molecule has 1 atom stereocenters. The maximum atomic E-state index is 9.13. The second kappa shape index (κ2) is 6.63. The van der Waals surface area contributed by atoms with Crippen LogP contribution in [0.2, 0.25) is 0 Å². The Morgan fingerprint density at radius 2 is 2.20 bits per heavy atom. The van der Waals surface area contributed by atoms with E-state index in [1.165, 1.54) is 8.66 Å². The topological polar surface area (TPSA) is 32.3 Å². The number of hydrogen-bond donors (Lipinski definition) is 2. The van der Waals surface area contributed by atoms with Gasteiger partial charge in [0.25, 0.3) is 0 Å². The lowest BCUT2D eigenvalue weighted by Gasteiger charge is -2.19. The van der Waals surface area contributed by atoms with Crippen LogP contribution in [0.15, 0.2) is 15.9 Å². The van der Waals surface area contributed by atoms with Gasteiger partial charge in [-0.1, -0.05) is 13.8 Å². The van der Waals surface area contributed by atoms with Crippen molar-refractivity contribution in [2.75, 3.05) is 13.2 Å². The summed E-state index contributed by atoms with van der Waals surface area (Å²) in [6.07, 6.45) is 1.03. The lowest BCUT2D eigenvalue weighted by molar-refractivity contribution is 0.212. The van der Waals surface area contributed by atoms with Gasteiger partial charge in [-0.15, -0.1) is 11.3 Å². The Kier molecular flexibility index (Phi) is 5.82. The highest BCUT2D eigenvalue weighted by Crippen LogP contribution is 2.22. The summed E-state index contributed by atoms with van der Waals surface area (Å²) in [6.45, 7) is 5.38. The second-order valence-corrected chi connectivity index (χ2v) is 6.49. The summed E-state index contributed by atoms with van der Waals surface area (Å²) in [5.74, 6) is 0.477. The van der Waals surface area contributed by atoms with Crippen LogP contribution in [0.5, 0.6) is 0 Å². The number of hydrogen-bond acceptors (Lipinski definition) is 3. The first-order chi connectivity index (χ1) is 7.13. The third-order valence-corrected chi connectivity index (χ3v) is 4.09. The molecule has 1 rings (SSSR count). The summed E-state index contributed by atoms with van der Waals surface area (Å²) in [7, 11) is 0. The molecule has 2 nitrogen and oxygen atoms in total. The summed E-state index contributed by atoms with van der Waals surface area (Å²) < 4.78 is 1.18. The summed E-state index contributed by atoms with van der Waals surface area (Å²) in [6, 6.07) is 4.43. The summed E-state index contributed by atoms with van der Waals surface area (Å²) in [4.78, 5) is 1.37. The van der Waals surface area contributed by atoms with Crippen LogP contribution in [0.3, 0.4) is 0 Å². The second-order valence-electron chi connectivity index (χ2n) is 3.94. The summed E-state index contributed by atoms with van der Waals surface area (Å²) in [5, 5.41) is 12.5. The molecule has 0 amide bonds. The van der Waals surface area contributed by atoms with E-state index in [0.717, 1.165) is 13.0 Å². The SMILES string of the molecule is CC(C)C(CO)NCCc1ccc(Br)s1. The molecule has 1 heterocycles. The van der Waals surface area contributed by atoms with Gasteiger partial charge in [-0.2, -0.15) is 0 Å². The fourth-order valence-corrected chi connectivity index (χ4v) is 2.86. The molecular formula is C11H18BrNOS. The molecule has 0 spiro atoms. The molecule has 0 aliphatic carbocycles. The number of aliphatic hydroxyl groups is 1. The molecule has 2 N–H and O–H groups in total. The molecule has 1 aromatic rings. The van der Waals surface area contributed by atoms with E-state index >= 15 is 0 Å². The van der Waals surface area contributed by atoms with Crippen molar-refractivity contribution < 1.29 is 5.11 Å². The van der Waals surface area contributed by atoms with E-state index in [1.54, 1.807) is 11.3 Å². The van der Waals surface area contributed by atoms with E-state index in [0.29, 0.717) is 5.92 Å². The first-order valence-corrected chi connectivity index (χ1v) is 6.83. The van der Waals surface area contributed by atoms with Gasteiger partial charge in [-0.3, -0.25) is 0 Å². The van der Waals surface area contributed by atoms with E-state index in [4.69, 9.17) is 5.11 Å². The third-order valence-electron chi connectivity index (χ3n) is 2.41. The van der Waals surface area contributed by atoms with E-state index in [2.05, 4.69) is 47.2 Å². The third kappa shape index (κ3) is 4.64. The van der Waals surface area contributed by atoms with Crippen molar-refractivity contribution in [2.24, 2.45) is 5.92 Å². The molecule has 4 heteroatoms. The minimum atomic E-state index is 0.214. The Hall–Kier alpha value is 0.1000. The molecule has 0 fully saturated rings. The van der Waals surface area contributed by atoms with Gasteiger partial charge in [0.2, 0.25) is 0 Å². The van der Waals surface area contributed by atoms with Gasteiger partial charge < -0.3 is 10.4 Å². The quantitative estimate of drug-likeness (QED) is 0.845. The molecule has 0 radical (unpaired) electrons. The number of halogens is 1. The normalized spacial score (nSPS) is 13.4. The van der Waals surface area contributed by atoms with Crippen LogP contribution in [0.1, 0.15) is 18.7 Å². The number of aliphatic hydroxyl groups excluding tert-OH is 1. The van der Waals surface area contributed by atoms with Crippen LogP contribution in [0.4, 0.5) is 0 Å². The number of rotatable bonds is 6. The average molecular weight is 292 g/mol. The highest BCUT2D eigenvalue weighted by Gasteiger charge is 2.10. The number of thiophene rings is 1. The standard InChI is InChI=1S/C11H18BrNOS/c1-8(2)10(7-14)13-6-5-9-3-4-11(12)15-9/h3-4,8,10,13-14H,5-7H2,1-2H3. The smallest absolute Gasteiger partial charge is 0.0701 e. The van der Waals surface area contributed by atoms with Gasteiger partial charge >= 0.3 is 0 Å². The first-order valence-electron chi connectivity index (χ1n) is 5.22. The lowest BCUT2D eigenvalue weighted by atomic mass is 10.1. The zero-order valence-corrected chi connectivity index (χ0v) is 11.6. The average Bonchev–Trinajstić information content (AvgIpc) is 2.58. The van der Waals surface area contributed by atoms with Crippen molar-refractivity contribution in [3.8, 4) is 0 Å². The largest absolute Gasteiger partial charge is 0.395 e. The van der Waals surface area contributed by atoms with Gasteiger partial charge in [0.15, 0.2) is 0 Å². The van der Waals surface area contributed by atoms with E-state index in [-0.39, 0.29) is 12.6 Å². The molecule has 1 aromatic heterocycles. The molecule has 15 heavy (non-hydrogen) atoms. The van der Waals surface area contributed by atoms with Gasteiger partial charge in [-0.05, 0) is 40.4 Å². The van der Waals surface area contributed by atoms with Crippen molar-refractivity contribution in [3.05, 3.63) is 20.8 Å². The van der Waals surface area contributed by atoms with Crippen LogP contribution >= 0.6 is 27.3 Å². The minimum Gasteiger partial charge on any atom is -0.395 e. The van der Waals surface area contributed by atoms with Gasteiger partial charge in [0, 0.05) is 17.5 Å². The maximum absolute atomic E-state index is 9.13. The molecule has 0 aliphatic rings. The Labute approximate surface area is 104 Å². The lowest BCUT2D eigenvalue weighted by Crippen LogP contribution is -2.38. The first kappa shape index (κ1) is 13.2. The van der Waals surface area contributed by atoms with Gasteiger partial charge in [-0.25, -0.2) is 0 Å². The molecule has 1 unspecified atom stereocenters. The Morgan fingerprint density at radius 3 is 2.67 bits per heavy atom. The van der Waals surface area contributed by atoms with Crippen molar-refractivity contribution in [1.29, 1.82) is 0 Å². The van der Waals surface area contributed by atoms with Crippen LogP contribution in [-0.2, 0) is 6.42 Å². The van der Waals surface area contributed by atoms with Gasteiger partial charge in [0.05, 0.1) is 10.4 Å². The molecule has 86 valence electrons. The van der Waals surface area contributed by atoms with Crippen LogP contribution in [0, 0.1) is 5.92 Å². The molecule has 0 saturated carbocycles. The highest BCUT2D eigenvalue weighted by atomic mass is 79.9. The maximum Gasteiger partial charge on any atom is 0.0701 e. The zero-order valence-electron chi connectivity index (χ0n) is 9.16. The minimum absolute atomic E-state index is 0.214. The Bertz CT molecular complexity index is 288. The molecule has 0 saturated heterocycles. The van der Waals surface area contributed by atoms with Crippen molar-refractivity contribution in [3.63, 3.8) is 0 Å². The van der Waals surface area contributed by atoms with Crippen LogP contribution in [-0.4, -0.2) is 24.3 Å². The number of nitrogens with one attached hydrogen (secondary N) is 1. The zero-order chi connectivity index (χ0) is 11.3. The predicted molar refractivity (Wildman–Crippen MR) is 69.4 cm³/mol. The fourth-order valence-electron chi connectivity index (χ4n) is 1.38. The molecule has 0 aromatic carbocycles. The monoisotopic (exact) mass is 291 g/mol. The summed E-state index contributed by atoms with van der Waals surface area (Å²) in [5.41, 5.74) is 0. The molecule has 0 aliphatic heterocycles. The van der Waals surface area contributed by atoms with E-state index < -0.39 is 0 Å². The van der Waals surface area contributed by atoms with Crippen LogP contribution in [0.25, 0.3) is 0 Å². The fraction of sp³-hybridized carbons (Fsp3) is 0.636. The van der Waals surface area contributed by atoms with E-state index in [1.807, 2.05) is 0 Å². The molecule has 0 bridgehead atoms. The highest BCUT2D eigenvalue weighted by molar-refractivity contribution is 9.11. The predicted octanol–water partition coefficient (Wildman–Crippen LogP) is 2.66. The van der Waals surface area contributed by atoms with Crippen molar-refractivity contribution in [2.45, 2.75) is 26.3 Å². The Balaban J connectivity index is 2.26. The van der Waals surface area contributed by atoms with Crippen molar-refractivity contribution >= 4 is 27.3 Å². The van der Waals surface area contributed by atoms with Crippen LogP contribution < -0.4 is 5.32 Å². The molecular weight excluding hydrogens is 274 g/mol. The van der Waals surface area contributed by atoms with E-state index in [9.17, 15) is 0 Å². The Morgan fingerprint density at radius 1 is 1.47 bits per heavy atom. The van der Waals surface area contributed by atoms with Crippen molar-refractivity contribution in [1.82, 2.24) is 5.32 Å². The van der Waals surface area contributed by atoms with Gasteiger partial charge in [0.1, 0.15) is 0 Å².